The predicted octanol–water partition coefficient (Wildman–Crippen LogP) is 2.55. The Morgan fingerprint density at radius 3 is 2.60 bits per heavy atom. The van der Waals surface area contributed by atoms with Crippen LogP contribution in [0.15, 0.2) is 4.99 Å². The smallest absolute Gasteiger partial charge is 0.359 e. The Kier molecular flexibility index (Phi) is 2.87. The first-order chi connectivity index (χ1) is 6.99. The minimum atomic E-state index is -4.19. The summed E-state index contributed by atoms with van der Waals surface area (Å²) in [5, 5.41) is 3.62. The summed E-state index contributed by atoms with van der Waals surface area (Å²) in [5.74, 6) is 0.865. The minimum absolute atomic E-state index is 0.0507. The highest BCUT2D eigenvalue weighted by atomic mass is 32.2. The highest BCUT2D eigenvalue weighted by Crippen LogP contribution is 2.37. The standard InChI is InChI=1S/C9H13F3N2S/c10-9(11,12)5-13-7-14-8(6-15-7)3-1-2-4-8/h1-6H2,(H,13,14). The van der Waals surface area contributed by atoms with Crippen LogP contribution in [0.1, 0.15) is 25.7 Å². The molecule has 0 atom stereocenters. The number of alkyl halides is 3. The van der Waals surface area contributed by atoms with E-state index in [2.05, 4.69) is 10.3 Å². The first-order valence-electron chi connectivity index (χ1n) is 5.01. The van der Waals surface area contributed by atoms with Gasteiger partial charge in [-0.1, -0.05) is 24.6 Å². The van der Waals surface area contributed by atoms with Gasteiger partial charge in [0.25, 0.3) is 0 Å². The fourth-order valence-electron chi connectivity index (χ4n) is 2.07. The van der Waals surface area contributed by atoms with Crippen molar-refractivity contribution in [1.82, 2.24) is 5.32 Å². The summed E-state index contributed by atoms with van der Waals surface area (Å²) in [7, 11) is 0. The van der Waals surface area contributed by atoms with Crippen molar-refractivity contribution in [2.75, 3.05) is 12.3 Å². The lowest BCUT2D eigenvalue weighted by Gasteiger charge is -2.21. The number of thioether (sulfide) groups is 1. The Hall–Kier alpha value is -0.390. The molecule has 2 fully saturated rings. The second-order valence-corrected chi connectivity index (χ2v) is 5.10. The molecular weight excluding hydrogens is 225 g/mol. The largest absolute Gasteiger partial charge is 0.408 e. The Bertz CT molecular complexity index is 269. The van der Waals surface area contributed by atoms with Gasteiger partial charge >= 0.3 is 6.18 Å². The molecule has 0 bridgehead atoms. The Morgan fingerprint density at radius 1 is 1.33 bits per heavy atom. The normalized spacial score (nSPS) is 27.5. The van der Waals surface area contributed by atoms with Gasteiger partial charge in [-0.2, -0.15) is 13.2 Å². The summed E-state index contributed by atoms with van der Waals surface area (Å²) >= 11 is 1.42. The molecule has 0 amide bonds. The zero-order valence-corrected chi connectivity index (χ0v) is 9.05. The quantitative estimate of drug-likeness (QED) is 0.759. The SMILES string of the molecule is FC(F)(F)CN=C1NC2(CCCC2)CS1. The van der Waals surface area contributed by atoms with Gasteiger partial charge in [0.05, 0.1) is 0 Å². The number of aliphatic imine (C=N–C) groups is 1. The average molecular weight is 238 g/mol. The molecule has 15 heavy (non-hydrogen) atoms. The van der Waals surface area contributed by atoms with Gasteiger partial charge in [0.15, 0.2) is 5.17 Å². The van der Waals surface area contributed by atoms with Crippen LogP contribution in [-0.2, 0) is 0 Å². The summed E-state index contributed by atoms with van der Waals surface area (Å²) in [4.78, 5) is 3.56. The maximum atomic E-state index is 11.9. The van der Waals surface area contributed by atoms with Crippen LogP contribution in [0.25, 0.3) is 0 Å². The fraction of sp³-hybridized carbons (Fsp3) is 0.889. The first-order valence-corrected chi connectivity index (χ1v) is 6.00. The van der Waals surface area contributed by atoms with Crippen molar-refractivity contribution >= 4 is 16.9 Å². The van der Waals surface area contributed by atoms with Crippen LogP contribution in [0.3, 0.4) is 0 Å². The number of halogens is 3. The van der Waals surface area contributed by atoms with E-state index in [1.807, 2.05) is 0 Å². The van der Waals surface area contributed by atoms with Crippen LogP contribution in [0.5, 0.6) is 0 Å². The van der Waals surface area contributed by atoms with E-state index in [1.165, 1.54) is 24.6 Å². The number of amidine groups is 1. The van der Waals surface area contributed by atoms with Crippen molar-refractivity contribution in [3.05, 3.63) is 0 Å². The van der Waals surface area contributed by atoms with Crippen LogP contribution in [0, 0.1) is 0 Å². The lowest BCUT2D eigenvalue weighted by Crippen LogP contribution is -2.40. The van der Waals surface area contributed by atoms with Gasteiger partial charge in [-0.25, -0.2) is 0 Å². The molecule has 2 rings (SSSR count). The highest BCUT2D eigenvalue weighted by molar-refractivity contribution is 8.14. The van der Waals surface area contributed by atoms with E-state index < -0.39 is 12.7 Å². The van der Waals surface area contributed by atoms with E-state index in [0.29, 0.717) is 5.17 Å². The van der Waals surface area contributed by atoms with E-state index in [-0.39, 0.29) is 5.54 Å². The maximum absolute atomic E-state index is 11.9. The second-order valence-electron chi connectivity index (χ2n) is 4.14. The number of rotatable bonds is 1. The average Bonchev–Trinajstić information content (AvgIpc) is 2.73. The molecule has 1 aliphatic carbocycles. The van der Waals surface area contributed by atoms with Crippen LogP contribution in [-0.4, -0.2) is 29.2 Å². The third kappa shape index (κ3) is 2.80. The van der Waals surface area contributed by atoms with Crippen LogP contribution < -0.4 is 5.32 Å². The lowest BCUT2D eigenvalue weighted by atomic mass is 10.0. The number of nitrogens with one attached hydrogen (secondary N) is 1. The molecule has 0 aromatic rings. The van der Waals surface area contributed by atoms with Gasteiger partial charge in [-0.15, -0.1) is 0 Å². The molecule has 0 radical (unpaired) electrons. The predicted molar refractivity (Wildman–Crippen MR) is 55.1 cm³/mol. The summed E-state index contributed by atoms with van der Waals surface area (Å²) in [6.45, 7) is -1.07. The van der Waals surface area contributed by atoms with Crippen LogP contribution >= 0.6 is 11.8 Å². The van der Waals surface area contributed by atoms with Crippen LogP contribution in [0.2, 0.25) is 0 Å². The first kappa shape index (κ1) is 11.1. The summed E-state index contributed by atoms with van der Waals surface area (Å²) in [6, 6.07) is 0. The molecule has 1 N–H and O–H groups in total. The molecule has 1 saturated heterocycles. The van der Waals surface area contributed by atoms with Crippen molar-refractivity contribution < 1.29 is 13.2 Å². The van der Waals surface area contributed by atoms with E-state index in [0.717, 1.165) is 18.6 Å². The molecule has 1 saturated carbocycles. The number of hydrogen-bond donors (Lipinski definition) is 1. The van der Waals surface area contributed by atoms with Gasteiger partial charge < -0.3 is 5.32 Å². The molecule has 1 spiro atoms. The molecular formula is C9H13F3N2S. The topological polar surface area (TPSA) is 24.4 Å². The van der Waals surface area contributed by atoms with Gasteiger partial charge in [-0.3, -0.25) is 4.99 Å². The van der Waals surface area contributed by atoms with Crippen molar-refractivity contribution in [3.8, 4) is 0 Å². The molecule has 2 nitrogen and oxygen atoms in total. The van der Waals surface area contributed by atoms with E-state index in [9.17, 15) is 13.2 Å². The Balaban J connectivity index is 1.92. The minimum Gasteiger partial charge on any atom is -0.359 e. The Morgan fingerprint density at radius 2 is 2.00 bits per heavy atom. The maximum Gasteiger partial charge on any atom is 0.408 e. The summed E-state index contributed by atoms with van der Waals surface area (Å²) in [6.07, 6.45) is 0.261. The Labute approximate surface area is 90.7 Å². The molecule has 2 aliphatic rings. The highest BCUT2D eigenvalue weighted by Gasteiger charge is 2.40. The summed E-state index contributed by atoms with van der Waals surface area (Å²) < 4.78 is 35.8. The molecule has 0 unspecified atom stereocenters. The number of hydrogen-bond acceptors (Lipinski definition) is 2. The van der Waals surface area contributed by atoms with Crippen molar-refractivity contribution in [2.24, 2.45) is 4.99 Å². The van der Waals surface area contributed by atoms with Crippen LogP contribution in [0.4, 0.5) is 13.2 Å². The van der Waals surface area contributed by atoms with E-state index >= 15 is 0 Å². The fourth-order valence-corrected chi connectivity index (χ4v) is 3.29. The molecule has 0 aromatic carbocycles. The molecule has 0 aromatic heterocycles. The van der Waals surface area contributed by atoms with Gasteiger partial charge in [0, 0.05) is 11.3 Å². The van der Waals surface area contributed by atoms with Crippen molar-refractivity contribution in [3.63, 3.8) is 0 Å². The lowest BCUT2D eigenvalue weighted by molar-refractivity contribution is -0.118. The van der Waals surface area contributed by atoms with Crippen molar-refractivity contribution in [2.45, 2.75) is 37.4 Å². The van der Waals surface area contributed by atoms with Gasteiger partial charge in [0.2, 0.25) is 0 Å². The third-order valence-electron chi connectivity index (χ3n) is 2.82. The molecule has 6 heteroatoms. The molecule has 86 valence electrons. The zero-order valence-electron chi connectivity index (χ0n) is 8.23. The van der Waals surface area contributed by atoms with E-state index in [4.69, 9.17) is 0 Å². The van der Waals surface area contributed by atoms with E-state index in [1.54, 1.807) is 0 Å². The van der Waals surface area contributed by atoms with Gasteiger partial charge in [-0.05, 0) is 12.8 Å². The van der Waals surface area contributed by atoms with Gasteiger partial charge in [0.1, 0.15) is 6.54 Å². The monoisotopic (exact) mass is 238 g/mol. The summed E-state index contributed by atoms with van der Waals surface area (Å²) in [5.41, 5.74) is 0.0507. The van der Waals surface area contributed by atoms with Crippen molar-refractivity contribution in [1.29, 1.82) is 0 Å². The zero-order chi connectivity index (χ0) is 10.9. The number of nitrogens with zero attached hydrogens (tertiary/aromatic N) is 1. The third-order valence-corrected chi connectivity index (χ3v) is 4.02. The second kappa shape index (κ2) is 3.88. The molecule has 1 aliphatic heterocycles. The molecule has 1 heterocycles.